The number of benzene rings is 1. The molecule has 0 N–H and O–H groups in total. The number of nitrogens with zero attached hydrogens (tertiary/aromatic N) is 3. The highest BCUT2D eigenvalue weighted by Crippen LogP contribution is 2.47. The molecule has 2 aromatic heterocycles. The number of carbonyl (C=O) groups excluding carboxylic acids is 1. The number of aromatic nitrogens is 2. The average molecular weight is 595 g/mol. The highest BCUT2D eigenvalue weighted by atomic mass is 35.5. The summed E-state index contributed by atoms with van der Waals surface area (Å²) in [5.41, 5.74) is -0.383. The summed E-state index contributed by atoms with van der Waals surface area (Å²) in [6, 6.07) is 11.5. The number of thiazole rings is 1. The summed E-state index contributed by atoms with van der Waals surface area (Å²) >= 11 is 15.9. The Balaban J connectivity index is 1.56. The van der Waals surface area contributed by atoms with Gasteiger partial charge in [0.1, 0.15) is 12.3 Å². The molecular weight excluding hydrogens is 561 g/mol. The predicted octanol–water partition coefficient (Wildman–Crippen LogP) is 7.69. The molecule has 1 aromatic carbocycles. The van der Waals surface area contributed by atoms with Crippen LogP contribution in [0.2, 0.25) is 10.0 Å². The minimum atomic E-state index is -0.646. The van der Waals surface area contributed by atoms with Crippen molar-refractivity contribution in [2.75, 3.05) is 7.11 Å². The monoisotopic (exact) mass is 593 g/mol. The Bertz CT molecular complexity index is 1330. The number of halogens is 2. The van der Waals surface area contributed by atoms with Gasteiger partial charge in [-0.15, -0.1) is 23.1 Å². The van der Waals surface area contributed by atoms with Gasteiger partial charge >= 0.3 is 5.97 Å². The lowest BCUT2D eigenvalue weighted by Gasteiger charge is -2.39. The molecule has 1 aliphatic carbocycles. The molecule has 3 aromatic rings. The van der Waals surface area contributed by atoms with Crippen LogP contribution in [0.15, 0.2) is 57.9 Å². The molecule has 0 bridgehead atoms. The van der Waals surface area contributed by atoms with Crippen LogP contribution in [-0.2, 0) is 27.4 Å². The van der Waals surface area contributed by atoms with E-state index in [-0.39, 0.29) is 5.97 Å². The van der Waals surface area contributed by atoms with Crippen LogP contribution in [-0.4, -0.2) is 33.5 Å². The summed E-state index contributed by atoms with van der Waals surface area (Å²) in [7, 11) is 1.65. The molecule has 0 atom stereocenters. The highest BCUT2D eigenvalue weighted by molar-refractivity contribution is 8.00. The molecule has 6 nitrogen and oxygen atoms in total. The molecule has 0 saturated heterocycles. The van der Waals surface area contributed by atoms with Gasteiger partial charge in [-0.1, -0.05) is 35.3 Å². The molecule has 4 rings (SSSR count). The first kappa shape index (κ1) is 29.2. The van der Waals surface area contributed by atoms with Crippen molar-refractivity contribution in [1.29, 1.82) is 0 Å². The normalized spacial score (nSPS) is 20.5. The molecule has 0 aliphatic heterocycles. The van der Waals surface area contributed by atoms with Gasteiger partial charge in [-0.25, -0.2) is 9.98 Å². The standard InChI is InChI=1S/C28H33Cl2N3O3S2/c1-27(2,3)36-25(34)28(13-11-20(12-14-28)38-22-9-6-8-21(29)24(22)30)17-19-7-5-10-23(31-19)32-26-33(18-35-4)15-16-37-26/h5-10,15-16,20H,11-14,17-18H2,1-4H3/b32-26-. The Kier molecular flexibility index (Phi) is 9.63. The number of esters is 1. The van der Waals surface area contributed by atoms with Crippen LogP contribution in [0.5, 0.6) is 0 Å². The lowest BCUT2D eigenvalue weighted by molar-refractivity contribution is -0.170. The molecule has 2 heterocycles. The van der Waals surface area contributed by atoms with Crippen LogP contribution in [0.1, 0.15) is 52.1 Å². The van der Waals surface area contributed by atoms with E-state index in [1.807, 2.05) is 67.2 Å². The molecule has 0 spiro atoms. The van der Waals surface area contributed by atoms with Gasteiger partial charge in [0.05, 0.1) is 15.5 Å². The maximum atomic E-state index is 13.6. The van der Waals surface area contributed by atoms with E-state index in [4.69, 9.17) is 42.7 Å². The smallest absolute Gasteiger partial charge is 0.312 e. The van der Waals surface area contributed by atoms with Crippen LogP contribution < -0.4 is 4.80 Å². The van der Waals surface area contributed by atoms with E-state index >= 15 is 0 Å². The number of methoxy groups -OCH3 is 1. The molecule has 1 saturated carbocycles. The summed E-state index contributed by atoms with van der Waals surface area (Å²) in [6.07, 6.45) is 5.58. The summed E-state index contributed by atoms with van der Waals surface area (Å²) in [4.78, 5) is 24.9. The second kappa shape index (κ2) is 12.6. The molecular formula is C28H33Cl2N3O3S2. The molecule has 38 heavy (non-hydrogen) atoms. The average Bonchev–Trinajstić information content (AvgIpc) is 3.29. The van der Waals surface area contributed by atoms with Gasteiger partial charge < -0.3 is 9.47 Å². The zero-order chi connectivity index (χ0) is 27.3. The Hall–Kier alpha value is -1.84. The largest absolute Gasteiger partial charge is 0.460 e. The van der Waals surface area contributed by atoms with Crippen LogP contribution in [0.3, 0.4) is 0 Å². The van der Waals surface area contributed by atoms with Crippen molar-refractivity contribution in [1.82, 2.24) is 9.55 Å². The van der Waals surface area contributed by atoms with Crippen molar-refractivity contribution in [3.63, 3.8) is 0 Å². The fourth-order valence-corrected chi connectivity index (χ4v) is 6.97. The Morgan fingerprint density at radius 1 is 1.21 bits per heavy atom. The van der Waals surface area contributed by atoms with Crippen LogP contribution in [0, 0.1) is 5.41 Å². The van der Waals surface area contributed by atoms with Gasteiger partial charge in [0.15, 0.2) is 10.6 Å². The van der Waals surface area contributed by atoms with Crippen molar-refractivity contribution >= 4 is 58.1 Å². The van der Waals surface area contributed by atoms with Crippen molar-refractivity contribution in [3.8, 4) is 0 Å². The third kappa shape index (κ3) is 7.42. The van der Waals surface area contributed by atoms with E-state index in [1.54, 1.807) is 24.9 Å². The quantitative estimate of drug-likeness (QED) is 0.250. The fraction of sp³-hybridized carbons (Fsp3) is 0.464. The summed E-state index contributed by atoms with van der Waals surface area (Å²) < 4.78 is 13.1. The number of pyridine rings is 1. The maximum absolute atomic E-state index is 13.6. The molecule has 0 unspecified atom stereocenters. The molecule has 1 aliphatic rings. The van der Waals surface area contributed by atoms with E-state index in [0.717, 1.165) is 28.2 Å². The first-order chi connectivity index (χ1) is 18.1. The van der Waals surface area contributed by atoms with Crippen LogP contribution in [0.4, 0.5) is 5.82 Å². The lowest BCUT2D eigenvalue weighted by Crippen LogP contribution is -2.42. The van der Waals surface area contributed by atoms with Crippen molar-refractivity contribution < 1.29 is 14.3 Å². The van der Waals surface area contributed by atoms with Gasteiger partial charge in [-0.05, 0) is 70.7 Å². The predicted molar refractivity (Wildman–Crippen MR) is 155 cm³/mol. The molecule has 1 fully saturated rings. The van der Waals surface area contributed by atoms with Crippen LogP contribution >= 0.6 is 46.3 Å². The van der Waals surface area contributed by atoms with E-state index in [9.17, 15) is 4.79 Å². The van der Waals surface area contributed by atoms with Crippen LogP contribution in [0.25, 0.3) is 0 Å². The Morgan fingerprint density at radius 2 is 1.95 bits per heavy atom. The van der Waals surface area contributed by atoms with E-state index in [2.05, 4.69) is 0 Å². The summed E-state index contributed by atoms with van der Waals surface area (Å²) in [5.74, 6) is 0.448. The number of hydrogen-bond acceptors (Lipinski definition) is 7. The third-order valence-corrected chi connectivity index (χ3v) is 9.51. The Morgan fingerprint density at radius 3 is 2.66 bits per heavy atom. The van der Waals surface area contributed by atoms with E-state index < -0.39 is 11.0 Å². The Labute approximate surface area is 242 Å². The van der Waals surface area contributed by atoms with Gasteiger partial charge in [0.2, 0.25) is 0 Å². The highest BCUT2D eigenvalue weighted by Gasteiger charge is 2.45. The first-order valence-electron chi connectivity index (χ1n) is 12.6. The number of thioether (sulfide) groups is 1. The molecule has 204 valence electrons. The number of ether oxygens (including phenoxy) is 2. The van der Waals surface area contributed by atoms with Gasteiger partial charge in [-0.2, -0.15) is 0 Å². The second-order valence-electron chi connectivity index (χ2n) is 10.5. The first-order valence-corrected chi connectivity index (χ1v) is 15.1. The number of carbonyl (C=O) groups is 1. The fourth-order valence-electron chi connectivity index (χ4n) is 4.55. The van der Waals surface area contributed by atoms with E-state index in [0.29, 0.717) is 47.1 Å². The lowest BCUT2D eigenvalue weighted by atomic mass is 9.70. The number of rotatable bonds is 8. The van der Waals surface area contributed by atoms with Gasteiger partial charge in [0, 0.05) is 40.9 Å². The maximum Gasteiger partial charge on any atom is 0.312 e. The minimum Gasteiger partial charge on any atom is -0.460 e. The third-order valence-electron chi connectivity index (χ3n) is 6.38. The SMILES string of the molecule is COCn1ccs/c1=N\c1cccc(CC2(C(=O)OC(C)(C)C)CCC(Sc3cccc(Cl)c3Cl)CC2)n1. The minimum absolute atomic E-state index is 0.158. The van der Waals surface area contributed by atoms with Gasteiger partial charge in [0.25, 0.3) is 0 Å². The van der Waals surface area contributed by atoms with Gasteiger partial charge in [-0.3, -0.25) is 9.36 Å². The van der Waals surface area contributed by atoms with E-state index in [1.165, 1.54) is 11.3 Å². The summed E-state index contributed by atoms with van der Waals surface area (Å²) in [5, 5.41) is 3.45. The topological polar surface area (TPSA) is 65.7 Å². The molecule has 0 amide bonds. The molecule has 0 radical (unpaired) electrons. The zero-order valence-corrected chi connectivity index (χ0v) is 25.2. The molecule has 10 heteroatoms. The second-order valence-corrected chi connectivity index (χ2v) is 13.5. The van der Waals surface area contributed by atoms with Crippen molar-refractivity contribution in [2.24, 2.45) is 10.4 Å². The van der Waals surface area contributed by atoms with Crippen molar-refractivity contribution in [3.05, 3.63) is 68.5 Å². The number of hydrogen-bond donors (Lipinski definition) is 0. The zero-order valence-electron chi connectivity index (χ0n) is 22.1. The van der Waals surface area contributed by atoms with Crippen molar-refractivity contribution in [2.45, 2.75) is 75.4 Å². The summed E-state index contributed by atoms with van der Waals surface area (Å²) in [6.45, 7) is 6.16.